The summed E-state index contributed by atoms with van der Waals surface area (Å²) in [5.41, 5.74) is 20.8. The van der Waals surface area contributed by atoms with E-state index in [1.807, 2.05) is 88.4 Å². The van der Waals surface area contributed by atoms with Crippen LogP contribution in [0.15, 0.2) is 172 Å². The van der Waals surface area contributed by atoms with Crippen molar-refractivity contribution in [2.24, 2.45) is 0 Å². The molecule has 0 aliphatic carbocycles. The van der Waals surface area contributed by atoms with Gasteiger partial charge >= 0.3 is 19.0 Å². The normalized spacial score (nSPS) is 10.9. The van der Waals surface area contributed by atoms with Crippen LogP contribution in [0.2, 0.25) is 37.0 Å². The monoisotopic (exact) mass is 1670 g/mol. The third-order valence-electron chi connectivity index (χ3n) is 11.8. The maximum Gasteiger partial charge on any atom is 0.415 e. The first kappa shape index (κ1) is 91.2. The van der Waals surface area contributed by atoms with Gasteiger partial charge in [-0.3, -0.25) is 16.7 Å². The van der Waals surface area contributed by atoms with Crippen molar-refractivity contribution in [1.82, 2.24) is 44.9 Å². The number of nitrogens with two attached hydrogens (primary N) is 3. The SMILES string of the molecule is CC.CC.COS(=O)(=O)c1cc(C[n+]2c[nH+]c[nH+]c2)ccc1/C=C/c1ccc(Nc2nc(Cl)nc(Cl)n2)cc1S(=O)(=O)OC.COS(=O)(=O)c1cc(N)ccc1/C=C/c1ccc(N)cc1S(=O)(=O)OC.Clc1nc(Cl)nc(Cl)n1.Clc1nc(Cl)nc(Nc2ccccc2)n1.Nc1ccccc1.[Cl-].[Cl-]. The average Bonchev–Trinajstić information content (AvgIpc) is 0.807. The summed E-state index contributed by atoms with van der Waals surface area (Å²) in [6, 6.07) is 36.7. The fraction of sp³-hybridized carbons (Fsp3) is 0.148. The zero-order valence-electron chi connectivity index (χ0n) is 55.1. The van der Waals surface area contributed by atoms with E-state index in [0.29, 0.717) is 18.1 Å². The summed E-state index contributed by atoms with van der Waals surface area (Å²) >= 11 is 38.8. The molecule has 0 radical (unpaired) electrons. The highest BCUT2D eigenvalue weighted by molar-refractivity contribution is 7.87. The van der Waals surface area contributed by atoms with Crippen LogP contribution in [0.4, 0.5) is 40.3 Å². The average molecular weight is 1680 g/mol. The zero-order chi connectivity index (χ0) is 75.1. The lowest BCUT2D eigenvalue weighted by molar-refractivity contribution is -0.806. The molecular formula is C61H65Cl9N17O12S4+. The summed E-state index contributed by atoms with van der Waals surface area (Å²) in [5.74, 6) is 0.319. The minimum Gasteiger partial charge on any atom is -1.00 e. The molecule has 0 spiro atoms. The van der Waals surface area contributed by atoms with Crippen molar-refractivity contribution in [3.8, 4) is 0 Å². The number of halogens is 9. The van der Waals surface area contributed by atoms with Gasteiger partial charge in [0.2, 0.25) is 48.9 Å². The fourth-order valence-electron chi connectivity index (χ4n) is 7.48. The van der Waals surface area contributed by atoms with Crippen molar-refractivity contribution in [3.63, 3.8) is 0 Å². The molecule has 4 aromatic heterocycles. The summed E-state index contributed by atoms with van der Waals surface area (Å²) in [6.07, 6.45) is 10.8. The van der Waals surface area contributed by atoms with Crippen molar-refractivity contribution in [2.75, 3.05) is 56.3 Å². The molecule has 0 bridgehead atoms. The van der Waals surface area contributed by atoms with Crippen molar-refractivity contribution >= 4 is 186 Å². The first-order valence-electron chi connectivity index (χ1n) is 28.6. The molecule has 29 nitrogen and oxygen atoms in total. The highest BCUT2D eigenvalue weighted by Gasteiger charge is 2.23. The van der Waals surface area contributed by atoms with Gasteiger partial charge in [-0.25, -0.2) is 0 Å². The van der Waals surface area contributed by atoms with Gasteiger partial charge in [0, 0.05) is 34.0 Å². The van der Waals surface area contributed by atoms with Gasteiger partial charge in [0.05, 0.1) is 28.4 Å². The Morgan fingerprint density at radius 2 is 0.689 bits per heavy atom. The van der Waals surface area contributed by atoms with Crippen LogP contribution in [-0.2, 0) is 63.7 Å². The number of para-hydroxylation sites is 2. The Kier molecular flexibility index (Phi) is 39.5. The number of nitrogen functional groups attached to an aromatic ring is 3. The summed E-state index contributed by atoms with van der Waals surface area (Å²) in [5, 5.41) is 5.58. The van der Waals surface area contributed by atoms with Gasteiger partial charge in [0.25, 0.3) is 40.5 Å². The van der Waals surface area contributed by atoms with Crippen LogP contribution in [0, 0.1) is 0 Å². The molecule has 42 heteroatoms. The Labute approximate surface area is 643 Å². The van der Waals surface area contributed by atoms with Crippen LogP contribution in [0.3, 0.4) is 0 Å². The molecule has 0 amide bonds. The van der Waals surface area contributed by atoms with Gasteiger partial charge in [-0.15, -0.1) is 9.97 Å². The van der Waals surface area contributed by atoms with Crippen LogP contribution in [0.5, 0.6) is 0 Å². The zero-order valence-corrected chi connectivity index (χ0v) is 65.2. The van der Waals surface area contributed by atoms with Crippen LogP contribution in [-0.4, -0.2) is 107 Å². The molecule has 0 atom stereocenters. The highest BCUT2D eigenvalue weighted by atomic mass is 35.5. The summed E-state index contributed by atoms with van der Waals surface area (Å²) < 4.78 is 120. The number of aromatic nitrogens is 12. The Morgan fingerprint density at radius 1 is 0.388 bits per heavy atom. The van der Waals surface area contributed by atoms with Crippen LogP contribution >= 0.6 is 81.2 Å². The Bertz CT molecular complexity index is 4740. The summed E-state index contributed by atoms with van der Waals surface area (Å²) in [6.45, 7) is 8.37. The number of hydrogen-bond acceptors (Lipinski definition) is 26. The number of anilines is 7. The molecule has 4 heterocycles. The van der Waals surface area contributed by atoms with E-state index in [1.165, 1.54) is 78.9 Å². The molecule has 103 heavy (non-hydrogen) atoms. The Morgan fingerprint density at radius 3 is 1.03 bits per heavy atom. The van der Waals surface area contributed by atoms with Crippen LogP contribution in [0.25, 0.3) is 24.3 Å². The van der Waals surface area contributed by atoms with Crippen LogP contribution < -0.4 is 67.2 Å². The predicted octanol–water partition coefficient (Wildman–Crippen LogP) is 5.50. The molecule has 10 aromatic rings. The van der Waals surface area contributed by atoms with Crippen LogP contribution in [0.1, 0.15) is 55.5 Å². The maximum absolute atomic E-state index is 12.7. The first-order chi connectivity index (χ1) is 47.9. The minimum absolute atomic E-state index is 0. The van der Waals surface area contributed by atoms with E-state index in [4.69, 9.17) is 107 Å². The molecule has 6 aromatic carbocycles. The van der Waals surface area contributed by atoms with Crippen molar-refractivity contribution < 1.29 is 89.8 Å². The molecule has 0 unspecified atom stereocenters. The second kappa shape index (κ2) is 44.7. The molecule has 552 valence electrons. The van der Waals surface area contributed by atoms with E-state index in [1.54, 1.807) is 41.7 Å². The molecule has 0 saturated heterocycles. The second-order valence-corrected chi connectivity index (χ2v) is 27.4. The number of rotatable bonds is 18. The van der Waals surface area contributed by atoms with Gasteiger partial charge in [-0.1, -0.05) is 123 Å². The van der Waals surface area contributed by atoms with Crippen molar-refractivity contribution in [3.05, 3.63) is 217 Å². The highest BCUT2D eigenvalue weighted by Crippen LogP contribution is 2.30. The quantitative estimate of drug-likeness (QED) is 0.0306. The van der Waals surface area contributed by atoms with Gasteiger partial charge in [-0.2, -0.15) is 78.5 Å². The number of nitrogens with zero attached hydrogens (tertiary/aromatic N) is 10. The van der Waals surface area contributed by atoms with E-state index in [2.05, 4.69) is 73.8 Å². The van der Waals surface area contributed by atoms with Gasteiger partial charge in [0.15, 0.2) is 6.54 Å². The molecule has 10 rings (SSSR count). The number of H-pyrrole nitrogens is 2. The first-order valence-corrected chi connectivity index (χ1v) is 36.9. The number of hydrogen-bond donors (Lipinski definition) is 5. The Hall–Kier alpha value is -7.91. The molecular weight excluding hydrogens is 1610 g/mol. The summed E-state index contributed by atoms with van der Waals surface area (Å²) in [4.78, 5) is 38.4. The second-order valence-electron chi connectivity index (χ2n) is 18.3. The van der Waals surface area contributed by atoms with E-state index < -0.39 is 40.5 Å². The molecule has 0 saturated carbocycles. The number of benzene rings is 6. The fourth-order valence-corrected chi connectivity index (χ4v) is 12.4. The topological polar surface area (TPSA) is 424 Å². The van der Waals surface area contributed by atoms with Crippen molar-refractivity contribution in [2.45, 2.75) is 53.8 Å². The molecule has 10 N–H and O–H groups in total. The molecule has 0 aliphatic rings. The number of aromatic amines is 2. The standard InChI is InChI=1S/C23H20Cl2N7O6S2.C16H18N2O6S2.C9H6Cl2N4.C6H7N.C3Cl3N3.2C2H6.2ClH/c1-37-39(33,34)19-9-15(11-32-13-26-12-27-14-32)3-4-16(19)5-6-17-7-8-18(10-20(17)40(35,36)38-2)28-23-30-21(24)29-22(25)31-23;1-23-25(19,20)15-9-13(17)7-5-11(15)3-4-12-6-8-14(18)10-16(12)26(21,22)24-2;10-7-13-8(11)15-9(14-7)12-6-4-2-1-3-5-6;7-6-4-2-1-3-5-6;4-1-7-2(5)9-3(6)8-1;2*1-2;;/h3-10,12-14H,11H2,1-2H3,(H,28,29,30,31);3-10H,17-18H2,1-2H3;1-5H,(H,12,13,14,15);1-5H,7H2;;2*1-2H3;2*1H/q+1;;;;;;;;/b6-5+;4-3+;;;;;;;. The Balaban J connectivity index is 0.000000487. The van der Waals surface area contributed by atoms with Gasteiger partial charge < -0.3 is 52.6 Å². The molecule has 0 aliphatic heterocycles. The summed E-state index contributed by atoms with van der Waals surface area (Å²) in [7, 11) is -12.1. The lowest BCUT2D eigenvalue weighted by Gasteiger charge is -2.11. The maximum atomic E-state index is 12.7. The molecule has 0 fully saturated rings. The van der Waals surface area contributed by atoms with E-state index >= 15 is 0 Å². The lowest BCUT2D eigenvalue weighted by atomic mass is 10.1. The van der Waals surface area contributed by atoms with E-state index in [-0.39, 0.29) is 127 Å². The third-order valence-corrected chi connectivity index (χ3v) is 18.3. The lowest BCUT2D eigenvalue weighted by Crippen LogP contribution is -3.00. The van der Waals surface area contributed by atoms with E-state index in [0.717, 1.165) is 39.8 Å². The van der Waals surface area contributed by atoms with Gasteiger partial charge in [0.1, 0.15) is 19.6 Å². The number of nitrogens with one attached hydrogen (secondary N) is 4. The minimum atomic E-state index is -4.20. The predicted molar refractivity (Wildman–Crippen MR) is 389 cm³/mol. The largest absolute Gasteiger partial charge is 1.00 e. The van der Waals surface area contributed by atoms with Crippen molar-refractivity contribution in [1.29, 1.82) is 0 Å². The van der Waals surface area contributed by atoms with E-state index in [9.17, 15) is 33.7 Å². The third kappa shape index (κ3) is 30.4. The van der Waals surface area contributed by atoms with Gasteiger partial charge in [-0.05, 0) is 170 Å². The smallest absolute Gasteiger partial charge is 0.415 e.